The van der Waals surface area contributed by atoms with Crippen LogP contribution in [0, 0.1) is 23.2 Å². The Kier molecular flexibility index (Phi) is 5.13. The van der Waals surface area contributed by atoms with Crippen molar-refractivity contribution in [3.63, 3.8) is 0 Å². The van der Waals surface area contributed by atoms with Gasteiger partial charge in [-0.25, -0.2) is 13.1 Å². The molecule has 0 saturated heterocycles. The lowest BCUT2D eigenvalue weighted by molar-refractivity contribution is 0.350. The van der Waals surface area contributed by atoms with Gasteiger partial charge >= 0.3 is 0 Å². The van der Waals surface area contributed by atoms with Gasteiger partial charge in [-0.2, -0.15) is 5.26 Å². The molecule has 0 aromatic carbocycles. The highest BCUT2D eigenvalue weighted by molar-refractivity contribution is 7.89. The largest absolute Gasteiger partial charge is 0.384 e. The molecular formula is C10H10N2O3S2. The Morgan fingerprint density at radius 1 is 1.47 bits per heavy atom. The van der Waals surface area contributed by atoms with E-state index < -0.39 is 15.8 Å². The van der Waals surface area contributed by atoms with E-state index in [4.69, 9.17) is 10.4 Å². The fourth-order valence-corrected chi connectivity index (χ4v) is 2.54. The van der Waals surface area contributed by atoms with Crippen molar-refractivity contribution < 1.29 is 13.5 Å². The molecule has 2 N–H and O–H groups in total. The molecule has 0 aliphatic heterocycles. The molecule has 7 heteroatoms. The van der Waals surface area contributed by atoms with E-state index in [1.54, 1.807) is 18.2 Å². The topological polar surface area (TPSA) is 90.2 Å². The minimum atomic E-state index is -3.52. The Balaban J connectivity index is 2.59. The van der Waals surface area contributed by atoms with Crippen LogP contribution in [0.5, 0.6) is 0 Å². The Labute approximate surface area is 104 Å². The molecule has 5 nitrogen and oxygen atoms in total. The monoisotopic (exact) mass is 270 g/mol. The van der Waals surface area contributed by atoms with E-state index in [2.05, 4.69) is 16.6 Å². The van der Waals surface area contributed by atoms with Gasteiger partial charge < -0.3 is 5.11 Å². The number of rotatable bonds is 4. The number of hydrogen-bond donors (Lipinski definition) is 2. The van der Waals surface area contributed by atoms with E-state index >= 15 is 0 Å². The van der Waals surface area contributed by atoms with Gasteiger partial charge in [-0.1, -0.05) is 11.8 Å². The quantitative estimate of drug-likeness (QED) is 0.756. The predicted octanol–water partition coefficient (Wildman–Crippen LogP) is 0.0349. The van der Waals surface area contributed by atoms with E-state index in [9.17, 15) is 8.42 Å². The third-order valence-corrected chi connectivity index (χ3v) is 3.77. The molecule has 1 aromatic heterocycles. The average molecular weight is 270 g/mol. The van der Waals surface area contributed by atoms with Crippen molar-refractivity contribution in [3.05, 3.63) is 21.9 Å². The zero-order valence-electron chi connectivity index (χ0n) is 8.80. The molecule has 0 aliphatic rings. The summed E-state index contributed by atoms with van der Waals surface area (Å²) in [7, 11) is -3.52. The third-order valence-electron chi connectivity index (χ3n) is 1.67. The number of aliphatic hydroxyl groups excluding tert-OH is 1. The molecule has 0 radical (unpaired) electrons. The van der Waals surface area contributed by atoms with E-state index in [0.29, 0.717) is 0 Å². The van der Waals surface area contributed by atoms with Crippen LogP contribution in [0.2, 0.25) is 0 Å². The maximum Gasteiger partial charge on any atom is 0.225 e. The summed E-state index contributed by atoms with van der Waals surface area (Å²) in [5.74, 6) is 4.68. The fourth-order valence-electron chi connectivity index (χ4n) is 0.984. The summed E-state index contributed by atoms with van der Waals surface area (Å²) < 4.78 is 24.7. The van der Waals surface area contributed by atoms with Crippen LogP contribution in [0.4, 0.5) is 0 Å². The Morgan fingerprint density at radius 3 is 2.88 bits per heavy atom. The van der Waals surface area contributed by atoms with Gasteiger partial charge in [-0.15, -0.1) is 11.3 Å². The van der Waals surface area contributed by atoms with Crippen molar-refractivity contribution in [1.29, 1.82) is 5.26 Å². The van der Waals surface area contributed by atoms with E-state index in [0.717, 1.165) is 9.75 Å². The molecule has 17 heavy (non-hydrogen) atoms. The minimum absolute atomic E-state index is 0.148. The van der Waals surface area contributed by atoms with Gasteiger partial charge in [0.25, 0.3) is 0 Å². The lowest BCUT2D eigenvalue weighted by Crippen LogP contribution is -2.24. The zero-order valence-corrected chi connectivity index (χ0v) is 10.4. The van der Waals surface area contributed by atoms with Crippen molar-refractivity contribution in [3.8, 4) is 17.9 Å². The predicted molar refractivity (Wildman–Crippen MR) is 64.5 cm³/mol. The maximum atomic E-state index is 11.2. The maximum absolute atomic E-state index is 11.2. The first-order valence-electron chi connectivity index (χ1n) is 4.60. The van der Waals surface area contributed by atoms with E-state index in [1.807, 2.05) is 0 Å². The second-order valence-corrected chi connectivity index (χ2v) is 5.94. The van der Waals surface area contributed by atoms with Gasteiger partial charge in [0.05, 0.1) is 10.9 Å². The van der Waals surface area contributed by atoms with Crippen LogP contribution in [-0.2, 0) is 16.6 Å². The number of aliphatic hydroxyl groups is 1. The highest BCUT2D eigenvalue weighted by Crippen LogP contribution is 2.15. The number of nitrogens with zero attached hydrogens (tertiary/aromatic N) is 1. The summed E-state index contributed by atoms with van der Waals surface area (Å²) in [5, 5.41) is 16.8. The Hall–Kier alpha value is -1.38. The van der Waals surface area contributed by atoms with Gasteiger partial charge in [0.2, 0.25) is 10.0 Å². The van der Waals surface area contributed by atoms with Crippen molar-refractivity contribution in [1.82, 2.24) is 4.72 Å². The molecule has 1 rings (SSSR count). The summed E-state index contributed by atoms with van der Waals surface area (Å²) in [6, 6.07) is 5.08. The molecule has 0 aliphatic carbocycles. The van der Waals surface area contributed by atoms with Gasteiger partial charge in [0, 0.05) is 11.4 Å². The summed E-state index contributed by atoms with van der Waals surface area (Å²) in [5.41, 5.74) is 0. The molecule has 0 fully saturated rings. The molecule has 90 valence electrons. The molecule has 0 saturated carbocycles. The first-order valence-corrected chi connectivity index (χ1v) is 7.07. The average Bonchev–Trinajstić information content (AvgIpc) is 2.72. The number of nitrogens with one attached hydrogen (secondary N) is 1. The molecule has 0 atom stereocenters. The number of hydrogen-bond acceptors (Lipinski definition) is 5. The molecule has 0 unspecified atom stereocenters. The summed E-state index contributed by atoms with van der Waals surface area (Å²) in [6.07, 6.45) is 0. The van der Waals surface area contributed by atoms with Gasteiger partial charge in [0.1, 0.15) is 6.61 Å². The first kappa shape index (κ1) is 13.7. The van der Waals surface area contributed by atoms with Crippen LogP contribution in [0.25, 0.3) is 0 Å². The summed E-state index contributed by atoms with van der Waals surface area (Å²) in [6.45, 7) is -0.0580. The molecule has 0 bridgehead atoms. The second kappa shape index (κ2) is 6.38. The van der Waals surface area contributed by atoms with Gasteiger partial charge in [-0.3, -0.25) is 0 Å². The van der Waals surface area contributed by atoms with Crippen LogP contribution >= 0.6 is 11.3 Å². The molecule has 1 aromatic rings. The Morgan fingerprint density at radius 2 is 2.24 bits per heavy atom. The lowest BCUT2D eigenvalue weighted by atomic mass is 10.4. The standard InChI is InChI=1S/C10H10N2O3S2/c11-5-7-17(14,15)12-8-10-4-3-9(16-10)2-1-6-13/h3-4,12-13H,6-8H2. The minimum Gasteiger partial charge on any atom is -0.384 e. The van der Waals surface area contributed by atoms with E-state index in [1.165, 1.54) is 11.3 Å². The molecule has 0 amide bonds. The second-order valence-electron chi connectivity index (χ2n) is 2.96. The smallest absolute Gasteiger partial charge is 0.225 e. The third kappa shape index (κ3) is 4.98. The Bertz CT molecular complexity index is 573. The lowest BCUT2D eigenvalue weighted by Gasteiger charge is -2.00. The van der Waals surface area contributed by atoms with Crippen LogP contribution < -0.4 is 4.72 Å². The summed E-state index contributed by atoms with van der Waals surface area (Å²) >= 11 is 1.34. The highest BCUT2D eigenvalue weighted by Gasteiger charge is 2.09. The number of sulfonamides is 1. The zero-order chi connectivity index (χ0) is 12.7. The molecule has 1 heterocycles. The first-order chi connectivity index (χ1) is 8.07. The molecule has 0 spiro atoms. The van der Waals surface area contributed by atoms with Crippen LogP contribution in [0.15, 0.2) is 12.1 Å². The fraction of sp³-hybridized carbons (Fsp3) is 0.300. The number of nitriles is 1. The van der Waals surface area contributed by atoms with Crippen molar-refractivity contribution in [2.45, 2.75) is 6.54 Å². The van der Waals surface area contributed by atoms with Crippen LogP contribution in [-0.4, -0.2) is 25.9 Å². The van der Waals surface area contributed by atoms with Crippen molar-refractivity contribution in [2.24, 2.45) is 0 Å². The highest BCUT2D eigenvalue weighted by atomic mass is 32.2. The van der Waals surface area contributed by atoms with Crippen LogP contribution in [0.3, 0.4) is 0 Å². The van der Waals surface area contributed by atoms with Crippen LogP contribution in [0.1, 0.15) is 9.75 Å². The van der Waals surface area contributed by atoms with Gasteiger partial charge in [-0.05, 0) is 12.1 Å². The molecular weight excluding hydrogens is 260 g/mol. The van der Waals surface area contributed by atoms with Gasteiger partial charge in [0.15, 0.2) is 5.75 Å². The summed E-state index contributed by atoms with van der Waals surface area (Å²) in [4.78, 5) is 1.56. The van der Waals surface area contributed by atoms with Crippen molar-refractivity contribution in [2.75, 3.05) is 12.4 Å². The van der Waals surface area contributed by atoms with Crippen molar-refractivity contribution >= 4 is 21.4 Å². The SMILES string of the molecule is N#CCS(=O)(=O)NCc1ccc(C#CCO)s1. The normalized spacial score (nSPS) is 10.4. The number of thiophene rings is 1. The van der Waals surface area contributed by atoms with E-state index in [-0.39, 0.29) is 13.2 Å².